The summed E-state index contributed by atoms with van der Waals surface area (Å²) in [6.45, 7) is 9.04. The maximum Gasteiger partial charge on any atom is 0.0708 e. The van der Waals surface area contributed by atoms with Crippen LogP contribution in [0.1, 0.15) is 56.1 Å². The molecule has 0 amide bonds. The van der Waals surface area contributed by atoms with Crippen molar-refractivity contribution in [2.45, 2.75) is 52.9 Å². The first-order chi connectivity index (χ1) is 15.0. The zero-order valence-electron chi connectivity index (χ0n) is 18.9. The number of pyridine rings is 2. The number of hydrogen-bond acceptors (Lipinski definition) is 2. The fourth-order valence-electron chi connectivity index (χ4n) is 4.82. The number of rotatable bonds is 4. The summed E-state index contributed by atoms with van der Waals surface area (Å²) in [5.41, 5.74) is 9.99. The van der Waals surface area contributed by atoms with Gasteiger partial charge >= 0.3 is 0 Å². The number of aryl methyl sites for hydroxylation is 2. The predicted molar refractivity (Wildman–Crippen MR) is 130 cm³/mol. The summed E-state index contributed by atoms with van der Waals surface area (Å²) in [6.07, 6.45) is 5.14. The summed E-state index contributed by atoms with van der Waals surface area (Å²) in [5, 5.41) is 2.62. The fourth-order valence-corrected chi connectivity index (χ4v) is 4.82. The third kappa shape index (κ3) is 3.76. The first-order valence-corrected chi connectivity index (χ1v) is 11.5. The highest BCUT2D eigenvalue weighted by Gasteiger charge is 2.20. The summed E-state index contributed by atoms with van der Waals surface area (Å²) >= 11 is 0. The molecule has 5 rings (SSSR count). The van der Waals surface area contributed by atoms with Crippen molar-refractivity contribution in [3.8, 4) is 22.4 Å². The van der Waals surface area contributed by atoms with Gasteiger partial charge in [-0.05, 0) is 82.8 Å². The summed E-state index contributed by atoms with van der Waals surface area (Å²) < 4.78 is 0. The third-order valence-electron chi connectivity index (χ3n) is 6.37. The van der Waals surface area contributed by atoms with E-state index in [0.29, 0.717) is 11.8 Å². The highest BCUT2D eigenvalue weighted by atomic mass is 14.7. The second kappa shape index (κ2) is 7.92. The summed E-state index contributed by atoms with van der Waals surface area (Å²) in [7, 11) is 0. The van der Waals surface area contributed by atoms with Gasteiger partial charge in [-0.25, -0.2) is 0 Å². The van der Waals surface area contributed by atoms with Gasteiger partial charge < -0.3 is 0 Å². The van der Waals surface area contributed by atoms with Crippen LogP contribution < -0.4 is 0 Å². The molecule has 2 heterocycles. The van der Waals surface area contributed by atoms with Crippen molar-refractivity contribution >= 4 is 10.8 Å². The van der Waals surface area contributed by atoms with Crippen molar-refractivity contribution in [1.82, 2.24) is 9.97 Å². The number of fused-ring (bicyclic) bond motifs is 4. The van der Waals surface area contributed by atoms with Gasteiger partial charge in [-0.3, -0.25) is 9.97 Å². The Morgan fingerprint density at radius 3 is 2.52 bits per heavy atom. The number of hydrogen-bond donors (Lipinski definition) is 0. The van der Waals surface area contributed by atoms with E-state index in [-0.39, 0.29) is 0 Å². The maximum absolute atomic E-state index is 5.01. The Bertz CT molecular complexity index is 1270. The average molecular weight is 407 g/mol. The predicted octanol–water partition coefficient (Wildman–Crippen LogP) is 7.38. The zero-order valence-corrected chi connectivity index (χ0v) is 18.9. The average Bonchev–Trinajstić information content (AvgIpc) is 2.77. The molecular weight excluding hydrogens is 376 g/mol. The summed E-state index contributed by atoms with van der Waals surface area (Å²) in [6, 6.07) is 20.1. The maximum atomic E-state index is 5.01. The van der Waals surface area contributed by atoms with Gasteiger partial charge in [0.25, 0.3) is 0 Å². The van der Waals surface area contributed by atoms with E-state index in [1.54, 1.807) is 0 Å². The van der Waals surface area contributed by atoms with Crippen LogP contribution in [-0.4, -0.2) is 9.97 Å². The molecule has 0 aliphatic heterocycles. The molecule has 4 aromatic rings. The van der Waals surface area contributed by atoms with Crippen LogP contribution in [0.25, 0.3) is 33.2 Å². The van der Waals surface area contributed by atoms with Crippen molar-refractivity contribution in [1.29, 1.82) is 0 Å². The molecule has 2 heteroatoms. The van der Waals surface area contributed by atoms with E-state index in [4.69, 9.17) is 9.97 Å². The molecule has 0 unspecified atom stereocenters. The molecule has 0 fully saturated rings. The molecule has 0 saturated heterocycles. The molecule has 156 valence electrons. The number of aromatic nitrogens is 2. The summed E-state index contributed by atoms with van der Waals surface area (Å²) in [4.78, 5) is 9.89. The topological polar surface area (TPSA) is 25.8 Å². The van der Waals surface area contributed by atoms with Crippen molar-refractivity contribution in [3.63, 3.8) is 0 Å². The molecule has 1 aliphatic carbocycles. The second-order valence-electron chi connectivity index (χ2n) is 9.56. The first-order valence-electron chi connectivity index (χ1n) is 11.5. The fraction of sp³-hybridized carbons (Fsp3) is 0.310. The Kier molecular flexibility index (Phi) is 5.09. The lowest BCUT2D eigenvalue weighted by Crippen LogP contribution is -2.09. The standard InChI is InChI=1S/C29H30N2/c1-18(2)13-23-10-11-25-27-16-29(30-17-21(27)9-12-28(25)31-23)22-14-20-7-5-6-8-24(20)26(15-22)19(3)4/h5-8,10-11,14-19H,9,12-13H2,1-4H3. The molecular formula is C29H30N2. The third-order valence-corrected chi connectivity index (χ3v) is 6.37. The largest absolute Gasteiger partial charge is 0.257 e. The van der Waals surface area contributed by atoms with Crippen LogP contribution in [0.15, 0.2) is 60.8 Å². The van der Waals surface area contributed by atoms with Crippen LogP contribution in [0, 0.1) is 5.92 Å². The molecule has 1 aliphatic rings. The smallest absolute Gasteiger partial charge is 0.0708 e. The monoisotopic (exact) mass is 406 g/mol. The van der Waals surface area contributed by atoms with Gasteiger partial charge in [-0.1, -0.05) is 58.0 Å². The summed E-state index contributed by atoms with van der Waals surface area (Å²) in [5.74, 6) is 1.09. The Morgan fingerprint density at radius 2 is 1.71 bits per heavy atom. The molecule has 2 aromatic heterocycles. The van der Waals surface area contributed by atoms with Gasteiger partial charge in [-0.15, -0.1) is 0 Å². The van der Waals surface area contributed by atoms with Crippen molar-refractivity contribution in [2.75, 3.05) is 0 Å². The van der Waals surface area contributed by atoms with Crippen LogP contribution in [0.4, 0.5) is 0 Å². The first kappa shape index (κ1) is 19.9. The van der Waals surface area contributed by atoms with Gasteiger partial charge in [0.05, 0.1) is 5.69 Å². The molecule has 0 atom stereocenters. The molecule has 0 radical (unpaired) electrons. The lowest BCUT2D eigenvalue weighted by molar-refractivity contribution is 0.632. The Morgan fingerprint density at radius 1 is 0.871 bits per heavy atom. The van der Waals surface area contributed by atoms with E-state index in [1.165, 1.54) is 50.0 Å². The SMILES string of the molecule is CC(C)Cc1ccc2c(n1)CCc1cnc(-c3cc(C(C)C)c4ccccc4c3)cc1-2. The van der Waals surface area contributed by atoms with E-state index < -0.39 is 0 Å². The second-order valence-corrected chi connectivity index (χ2v) is 9.56. The molecule has 31 heavy (non-hydrogen) atoms. The molecule has 2 aromatic carbocycles. The highest BCUT2D eigenvalue weighted by molar-refractivity contribution is 5.91. The molecule has 2 nitrogen and oxygen atoms in total. The van der Waals surface area contributed by atoms with E-state index >= 15 is 0 Å². The number of nitrogens with zero attached hydrogens (tertiary/aromatic N) is 2. The van der Waals surface area contributed by atoms with Crippen LogP contribution in [0.5, 0.6) is 0 Å². The quantitative estimate of drug-likeness (QED) is 0.353. The van der Waals surface area contributed by atoms with Crippen LogP contribution in [-0.2, 0) is 19.3 Å². The minimum atomic E-state index is 0.465. The van der Waals surface area contributed by atoms with Crippen molar-refractivity contribution < 1.29 is 0 Å². The van der Waals surface area contributed by atoms with Gasteiger partial charge in [0.1, 0.15) is 0 Å². The van der Waals surface area contributed by atoms with Gasteiger partial charge in [0, 0.05) is 28.7 Å². The van der Waals surface area contributed by atoms with Crippen molar-refractivity contribution in [3.05, 3.63) is 83.3 Å². The Labute approximate surface area is 185 Å². The van der Waals surface area contributed by atoms with Crippen LogP contribution in [0.3, 0.4) is 0 Å². The van der Waals surface area contributed by atoms with E-state index in [0.717, 1.165) is 25.0 Å². The highest BCUT2D eigenvalue weighted by Crippen LogP contribution is 2.37. The van der Waals surface area contributed by atoms with Gasteiger partial charge in [0.2, 0.25) is 0 Å². The van der Waals surface area contributed by atoms with Crippen LogP contribution in [0.2, 0.25) is 0 Å². The molecule has 0 N–H and O–H groups in total. The van der Waals surface area contributed by atoms with Gasteiger partial charge in [0.15, 0.2) is 0 Å². The van der Waals surface area contributed by atoms with Crippen molar-refractivity contribution in [2.24, 2.45) is 5.92 Å². The van der Waals surface area contributed by atoms with Crippen LogP contribution >= 0.6 is 0 Å². The Balaban J connectivity index is 1.61. The number of benzene rings is 2. The van der Waals surface area contributed by atoms with Gasteiger partial charge in [-0.2, -0.15) is 0 Å². The molecule has 0 bridgehead atoms. The zero-order chi connectivity index (χ0) is 21.5. The molecule has 0 spiro atoms. The normalized spacial score (nSPS) is 13.0. The van der Waals surface area contributed by atoms with E-state index in [2.05, 4.69) is 88.5 Å². The lowest BCUT2D eigenvalue weighted by atomic mass is 9.87. The lowest BCUT2D eigenvalue weighted by Gasteiger charge is -2.21. The van der Waals surface area contributed by atoms with E-state index in [9.17, 15) is 0 Å². The minimum Gasteiger partial charge on any atom is -0.257 e. The Hall–Kier alpha value is -3.00. The van der Waals surface area contributed by atoms with E-state index in [1.807, 2.05) is 0 Å². The minimum absolute atomic E-state index is 0.465. The molecule has 0 saturated carbocycles.